The standard InChI is InChI=1S/C55H40N2O/c1-55(30-29-54-48(35-55)44-20-9-11-22-53(44)58-54)40-25-28-52-47(34-40)46-33-39(24-27-51(46)57(52)42-17-6-3-7-18-42)37-14-12-13-36(31-37)38-23-26-50-45(32-38)43-19-8-10-21-49(43)56(50)41-15-4-2-5-16-41/h2-34,48,54H,35H2,1H3. The summed E-state index contributed by atoms with van der Waals surface area (Å²) < 4.78 is 11.2. The molecular formula is C55H40N2O. The molecule has 3 nitrogen and oxygen atoms in total. The average molecular weight is 745 g/mol. The monoisotopic (exact) mass is 744 g/mol. The number of aromatic nitrogens is 2. The maximum Gasteiger partial charge on any atom is 0.124 e. The second kappa shape index (κ2) is 12.7. The number of allylic oxidation sites excluding steroid dienone is 1. The summed E-state index contributed by atoms with van der Waals surface area (Å²) in [6, 6.07) is 68.9. The molecule has 0 N–H and O–H groups in total. The highest BCUT2D eigenvalue weighted by Crippen LogP contribution is 2.50. The Morgan fingerprint density at radius 2 is 1.00 bits per heavy atom. The molecule has 10 aromatic rings. The summed E-state index contributed by atoms with van der Waals surface area (Å²) in [6.45, 7) is 2.39. The van der Waals surface area contributed by atoms with Gasteiger partial charge in [-0.15, -0.1) is 0 Å². The Kier molecular flexibility index (Phi) is 7.25. The van der Waals surface area contributed by atoms with Gasteiger partial charge in [-0.05, 0) is 119 Å². The van der Waals surface area contributed by atoms with Gasteiger partial charge in [0.25, 0.3) is 0 Å². The first kappa shape index (κ1) is 33.1. The largest absolute Gasteiger partial charge is 0.485 e. The second-order valence-corrected chi connectivity index (χ2v) is 16.3. The van der Waals surface area contributed by atoms with E-state index in [1.807, 2.05) is 0 Å². The number of benzene rings is 8. The maximum absolute atomic E-state index is 6.37. The van der Waals surface area contributed by atoms with Crippen LogP contribution < -0.4 is 4.74 Å². The molecule has 1 aliphatic carbocycles. The fourth-order valence-electron chi connectivity index (χ4n) is 10.0. The molecule has 0 bridgehead atoms. The molecule has 2 aliphatic rings. The van der Waals surface area contributed by atoms with Crippen molar-refractivity contribution in [2.24, 2.45) is 0 Å². The van der Waals surface area contributed by atoms with Gasteiger partial charge in [0, 0.05) is 49.8 Å². The van der Waals surface area contributed by atoms with E-state index in [0.29, 0.717) is 5.92 Å². The van der Waals surface area contributed by atoms with Crippen LogP contribution in [0.1, 0.15) is 30.4 Å². The average Bonchev–Trinajstić information content (AvgIpc) is 3.93. The first-order chi connectivity index (χ1) is 28.6. The molecule has 0 fully saturated rings. The van der Waals surface area contributed by atoms with Gasteiger partial charge in [-0.2, -0.15) is 0 Å². The topological polar surface area (TPSA) is 19.1 Å². The fourth-order valence-corrected chi connectivity index (χ4v) is 10.0. The van der Waals surface area contributed by atoms with Crippen molar-refractivity contribution in [1.82, 2.24) is 9.13 Å². The van der Waals surface area contributed by atoms with E-state index < -0.39 is 0 Å². The smallest absolute Gasteiger partial charge is 0.124 e. The Bertz CT molecular complexity index is 3260. The molecule has 2 aromatic heterocycles. The van der Waals surface area contributed by atoms with Gasteiger partial charge < -0.3 is 13.9 Å². The van der Waals surface area contributed by atoms with E-state index in [0.717, 1.165) is 12.2 Å². The molecule has 276 valence electrons. The van der Waals surface area contributed by atoms with Crippen LogP contribution in [0.5, 0.6) is 5.75 Å². The van der Waals surface area contributed by atoms with Gasteiger partial charge in [0.2, 0.25) is 0 Å². The minimum absolute atomic E-state index is 0.101. The van der Waals surface area contributed by atoms with Gasteiger partial charge in [-0.1, -0.05) is 122 Å². The zero-order valence-electron chi connectivity index (χ0n) is 32.2. The van der Waals surface area contributed by atoms with E-state index in [4.69, 9.17) is 4.74 Å². The molecule has 0 spiro atoms. The van der Waals surface area contributed by atoms with Crippen molar-refractivity contribution in [3.8, 4) is 39.4 Å². The number of hydrogen-bond acceptors (Lipinski definition) is 1. The van der Waals surface area contributed by atoms with Crippen LogP contribution in [-0.2, 0) is 5.41 Å². The van der Waals surface area contributed by atoms with E-state index in [1.54, 1.807) is 0 Å². The Morgan fingerprint density at radius 3 is 1.69 bits per heavy atom. The lowest BCUT2D eigenvalue weighted by molar-refractivity contribution is 0.226. The van der Waals surface area contributed by atoms with Crippen molar-refractivity contribution in [2.75, 3.05) is 0 Å². The molecule has 1 aliphatic heterocycles. The predicted molar refractivity (Wildman–Crippen MR) is 241 cm³/mol. The lowest BCUT2D eigenvalue weighted by Gasteiger charge is -2.35. The zero-order chi connectivity index (χ0) is 38.4. The number of rotatable bonds is 5. The van der Waals surface area contributed by atoms with Crippen molar-refractivity contribution in [3.63, 3.8) is 0 Å². The number of fused-ring (bicyclic) bond motifs is 9. The molecule has 12 rings (SSSR count). The van der Waals surface area contributed by atoms with Crippen LogP contribution in [0, 0.1) is 0 Å². The lowest BCUT2D eigenvalue weighted by Crippen LogP contribution is -2.31. The minimum Gasteiger partial charge on any atom is -0.485 e. The Balaban J connectivity index is 0.976. The summed E-state index contributed by atoms with van der Waals surface area (Å²) >= 11 is 0. The summed E-state index contributed by atoms with van der Waals surface area (Å²) in [5.74, 6) is 1.37. The zero-order valence-corrected chi connectivity index (χ0v) is 32.2. The highest BCUT2D eigenvalue weighted by molar-refractivity contribution is 6.12. The molecule has 8 aromatic carbocycles. The van der Waals surface area contributed by atoms with Crippen molar-refractivity contribution < 1.29 is 4.74 Å². The van der Waals surface area contributed by atoms with E-state index in [9.17, 15) is 0 Å². The number of ether oxygens (including phenoxy) is 1. The van der Waals surface area contributed by atoms with Crippen LogP contribution in [0.3, 0.4) is 0 Å². The van der Waals surface area contributed by atoms with E-state index >= 15 is 0 Å². The van der Waals surface area contributed by atoms with E-state index in [2.05, 4.69) is 216 Å². The first-order valence-corrected chi connectivity index (χ1v) is 20.4. The van der Waals surface area contributed by atoms with Crippen LogP contribution in [-0.4, -0.2) is 15.2 Å². The third-order valence-corrected chi connectivity index (χ3v) is 12.9. The van der Waals surface area contributed by atoms with Crippen molar-refractivity contribution in [3.05, 3.63) is 211 Å². The summed E-state index contributed by atoms with van der Waals surface area (Å²) in [6.07, 6.45) is 5.80. The van der Waals surface area contributed by atoms with Crippen LogP contribution in [0.4, 0.5) is 0 Å². The Hall–Kier alpha value is -7.10. The quantitative estimate of drug-likeness (QED) is 0.161. The maximum atomic E-state index is 6.37. The highest BCUT2D eigenvalue weighted by Gasteiger charge is 2.41. The molecule has 0 radical (unpaired) electrons. The minimum atomic E-state index is -0.127. The molecule has 58 heavy (non-hydrogen) atoms. The molecule has 3 atom stereocenters. The second-order valence-electron chi connectivity index (χ2n) is 16.3. The van der Waals surface area contributed by atoms with E-state index in [-0.39, 0.29) is 11.5 Å². The number of hydrogen-bond donors (Lipinski definition) is 0. The molecule has 3 heteroatoms. The van der Waals surface area contributed by atoms with E-state index in [1.165, 1.54) is 88.4 Å². The number of nitrogens with zero attached hydrogens (tertiary/aromatic N) is 2. The Morgan fingerprint density at radius 1 is 0.466 bits per heavy atom. The highest BCUT2D eigenvalue weighted by atomic mass is 16.5. The van der Waals surface area contributed by atoms with Crippen LogP contribution >= 0.6 is 0 Å². The molecule has 0 amide bonds. The SMILES string of the molecule is CC1(c2ccc3c(c2)c2cc(-c4cccc(-c5ccc6c(c5)c5ccccc5n6-c5ccccc5)c4)ccc2n3-c2ccccc2)C=CC2Oc3ccccc3C2C1. The van der Waals surface area contributed by atoms with Crippen molar-refractivity contribution in [1.29, 1.82) is 0 Å². The van der Waals surface area contributed by atoms with Crippen molar-refractivity contribution in [2.45, 2.75) is 30.8 Å². The third-order valence-electron chi connectivity index (χ3n) is 12.9. The van der Waals surface area contributed by atoms with Gasteiger partial charge in [0.1, 0.15) is 11.9 Å². The fraction of sp³-hybridized carbons (Fsp3) is 0.0909. The summed E-state index contributed by atoms with van der Waals surface area (Å²) in [7, 11) is 0. The lowest BCUT2D eigenvalue weighted by atomic mass is 9.69. The summed E-state index contributed by atoms with van der Waals surface area (Å²) in [5.41, 5.74) is 14.6. The van der Waals surface area contributed by atoms with Gasteiger partial charge in [0.05, 0.1) is 22.1 Å². The number of para-hydroxylation sites is 4. The molecular weight excluding hydrogens is 705 g/mol. The first-order valence-electron chi connectivity index (χ1n) is 20.4. The molecule has 0 saturated heterocycles. The summed E-state index contributed by atoms with van der Waals surface area (Å²) in [4.78, 5) is 0. The molecule has 3 heterocycles. The third kappa shape index (κ3) is 5.06. The molecule has 3 unspecified atom stereocenters. The van der Waals surface area contributed by atoms with Gasteiger partial charge in [-0.3, -0.25) is 0 Å². The normalized spacial score (nSPS) is 18.5. The molecule has 0 saturated carbocycles. The van der Waals surface area contributed by atoms with Crippen LogP contribution in [0.25, 0.3) is 77.2 Å². The predicted octanol–water partition coefficient (Wildman–Crippen LogP) is 14.0. The summed E-state index contributed by atoms with van der Waals surface area (Å²) in [5, 5.41) is 5.05. The Labute approximate surface area is 337 Å². The van der Waals surface area contributed by atoms with Crippen molar-refractivity contribution >= 4 is 43.6 Å². The van der Waals surface area contributed by atoms with Crippen LogP contribution in [0.15, 0.2) is 200 Å². The van der Waals surface area contributed by atoms with Crippen LogP contribution in [0.2, 0.25) is 0 Å². The van der Waals surface area contributed by atoms with Gasteiger partial charge >= 0.3 is 0 Å². The van der Waals surface area contributed by atoms with Gasteiger partial charge in [-0.25, -0.2) is 0 Å². The van der Waals surface area contributed by atoms with Gasteiger partial charge in [0.15, 0.2) is 0 Å².